The maximum absolute atomic E-state index is 12.7. The van der Waals surface area contributed by atoms with E-state index in [1.54, 1.807) is 4.68 Å². The molecule has 148 valence electrons. The zero-order chi connectivity index (χ0) is 19.8. The number of amides is 1. The summed E-state index contributed by atoms with van der Waals surface area (Å²) in [5.41, 5.74) is 5.41. The van der Waals surface area contributed by atoms with E-state index in [2.05, 4.69) is 33.1 Å². The van der Waals surface area contributed by atoms with Gasteiger partial charge in [-0.1, -0.05) is 23.4 Å². The third kappa shape index (κ3) is 3.31. The number of nitrogens with one attached hydrogen (secondary N) is 2. The van der Waals surface area contributed by atoms with Crippen molar-refractivity contribution in [3.63, 3.8) is 0 Å². The molecule has 0 atom stereocenters. The van der Waals surface area contributed by atoms with Crippen LogP contribution in [0, 0.1) is 6.92 Å². The first-order valence-corrected chi connectivity index (χ1v) is 9.61. The summed E-state index contributed by atoms with van der Waals surface area (Å²) >= 11 is 0. The van der Waals surface area contributed by atoms with E-state index in [0.717, 1.165) is 24.3 Å². The van der Waals surface area contributed by atoms with Crippen LogP contribution in [0.5, 0.6) is 11.5 Å². The highest BCUT2D eigenvalue weighted by Gasteiger charge is 2.19. The Hall–Kier alpha value is -3.39. The quantitative estimate of drug-likeness (QED) is 0.706. The first-order chi connectivity index (χ1) is 14.2. The first-order valence-electron chi connectivity index (χ1n) is 9.61. The van der Waals surface area contributed by atoms with E-state index in [-0.39, 0.29) is 5.91 Å². The number of nitrogens with zero attached hydrogens (tertiary/aromatic N) is 3. The maximum atomic E-state index is 12.7. The van der Waals surface area contributed by atoms with E-state index in [4.69, 9.17) is 9.47 Å². The SMILES string of the molecule is Cc1c(C(=O)NCc2ccc3c(c2)CNC3)nnn1-c1ccc2c(c1)OCCO2. The van der Waals surface area contributed by atoms with Crippen molar-refractivity contribution < 1.29 is 14.3 Å². The van der Waals surface area contributed by atoms with Crippen LogP contribution < -0.4 is 20.1 Å². The van der Waals surface area contributed by atoms with Gasteiger partial charge in [-0.25, -0.2) is 4.68 Å². The topological polar surface area (TPSA) is 90.3 Å². The highest BCUT2D eigenvalue weighted by Crippen LogP contribution is 2.32. The Balaban J connectivity index is 1.32. The minimum Gasteiger partial charge on any atom is -0.486 e. The van der Waals surface area contributed by atoms with Gasteiger partial charge in [-0.2, -0.15) is 0 Å². The number of carbonyl (C=O) groups excluding carboxylic acids is 1. The van der Waals surface area contributed by atoms with Gasteiger partial charge >= 0.3 is 0 Å². The van der Waals surface area contributed by atoms with Crippen LogP contribution in [-0.2, 0) is 19.6 Å². The van der Waals surface area contributed by atoms with Gasteiger partial charge in [-0.05, 0) is 35.7 Å². The van der Waals surface area contributed by atoms with E-state index in [1.807, 2.05) is 31.2 Å². The van der Waals surface area contributed by atoms with Gasteiger partial charge in [0.15, 0.2) is 17.2 Å². The number of hydrogen-bond donors (Lipinski definition) is 2. The lowest BCUT2D eigenvalue weighted by atomic mass is 10.1. The lowest BCUT2D eigenvalue weighted by molar-refractivity contribution is 0.0945. The molecule has 0 fully saturated rings. The van der Waals surface area contributed by atoms with Crippen molar-refractivity contribution in [2.75, 3.05) is 13.2 Å². The predicted molar refractivity (Wildman–Crippen MR) is 105 cm³/mol. The van der Waals surface area contributed by atoms with Gasteiger partial charge in [0.2, 0.25) is 0 Å². The number of fused-ring (bicyclic) bond motifs is 2. The van der Waals surface area contributed by atoms with E-state index < -0.39 is 0 Å². The summed E-state index contributed by atoms with van der Waals surface area (Å²) in [5, 5.41) is 14.5. The molecule has 0 bridgehead atoms. The van der Waals surface area contributed by atoms with Gasteiger partial charge in [0.25, 0.3) is 5.91 Å². The van der Waals surface area contributed by atoms with E-state index in [1.165, 1.54) is 11.1 Å². The zero-order valence-electron chi connectivity index (χ0n) is 16.1. The average Bonchev–Trinajstić information content (AvgIpc) is 3.37. The average molecular weight is 391 g/mol. The fourth-order valence-corrected chi connectivity index (χ4v) is 3.67. The van der Waals surface area contributed by atoms with Crippen molar-refractivity contribution in [3.8, 4) is 17.2 Å². The summed E-state index contributed by atoms with van der Waals surface area (Å²) in [6.45, 7) is 5.11. The molecule has 3 aromatic rings. The molecule has 1 aromatic heterocycles. The standard InChI is InChI=1S/C21H21N5O3/c1-13-20(21(27)23-10-14-2-3-15-11-22-12-16(15)8-14)24-25-26(13)17-4-5-18-19(9-17)29-7-6-28-18/h2-5,8-9,22H,6-7,10-12H2,1H3,(H,23,27). The fraction of sp³-hybridized carbons (Fsp3) is 0.286. The summed E-state index contributed by atoms with van der Waals surface area (Å²) in [6.07, 6.45) is 0. The smallest absolute Gasteiger partial charge is 0.274 e. The number of carbonyl (C=O) groups is 1. The summed E-state index contributed by atoms with van der Waals surface area (Å²) in [5.74, 6) is 1.13. The van der Waals surface area contributed by atoms with Crippen LogP contribution in [-0.4, -0.2) is 34.1 Å². The second-order valence-corrected chi connectivity index (χ2v) is 7.15. The molecule has 0 aliphatic carbocycles. The van der Waals surface area contributed by atoms with Crippen LogP contribution in [0.4, 0.5) is 0 Å². The number of benzene rings is 2. The zero-order valence-corrected chi connectivity index (χ0v) is 16.1. The molecule has 2 aromatic carbocycles. The molecule has 5 rings (SSSR count). The number of rotatable bonds is 4. The first kappa shape index (κ1) is 17.7. The van der Waals surface area contributed by atoms with Gasteiger partial charge < -0.3 is 20.1 Å². The van der Waals surface area contributed by atoms with E-state index in [0.29, 0.717) is 42.6 Å². The highest BCUT2D eigenvalue weighted by molar-refractivity contribution is 5.93. The summed E-state index contributed by atoms with van der Waals surface area (Å²) in [4.78, 5) is 12.7. The van der Waals surface area contributed by atoms with Crippen LogP contribution >= 0.6 is 0 Å². The summed E-state index contributed by atoms with van der Waals surface area (Å²) in [6, 6.07) is 11.8. The molecule has 2 N–H and O–H groups in total. The Kier molecular flexibility index (Phi) is 4.40. The van der Waals surface area contributed by atoms with E-state index >= 15 is 0 Å². The molecule has 0 radical (unpaired) electrons. The minimum atomic E-state index is -0.245. The molecular weight excluding hydrogens is 370 g/mol. The highest BCUT2D eigenvalue weighted by atomic mass is 16.6. The van der Waals surface area contributed by atoms with Crippen LogP contribution in [0.15, 0.2) is 36.4 Å². The third-order valence-electron chi connectivity index (χ3n) is 5.23. The molecule has 0 unspecified atom stereocenters. The largest absolute Gasteiger partial charge is 0.486 e. The molecule has 2 aliphatic rings. The molecule has 3 heterocycles. The molecular formula is C21H21N5O3. The van der Waals surface area contributed by atoms with Crippen molar-refractivity contribution >= 4 is 5.91 Å². The summed E-state index contributed by atoms with van der Waals surface area (Å²) in [7, 11) is 0. The molecule has 0 saturated carbocycles. The van der Waals surface area contributed by atoms with Crippen molar-refractivity contribution in [2.45, 2.75) is 26.6 Å². The number of aromatic nitrogens is 3. The Morgan fingerprint density at radius 3 is 2.83 bits per heavy atom. The fourth-order valence-electron chi connectivity index (χ4n) is 3.67. The summed E-state index contributed by atoms with van der Waals surface area (Å²) < 4.78 is 12.8. The number of hydrogen-bond acceptors (Lipinski definition) is 6. The van der Waals surface area contributed by atoms with Gasteiger partial charge in [0, 0.05) is 25.7 Å². The van der Waals surface area contributed by atoms with Crippen molar-refractivity contribution in [1.29, 1.82) is 0 Å². The van der Waals surface area contributed by atoms with Gasteiger partial charge in [0.05, 0.1) is 11.4 Å². The van der Waals surface area contributed by atoms with Crippen LogP contribution in [0.1, 0.15) is 32.9 Å². The molecule has 0 saturated heterocycles. The Labute approximate surface area is 167 Å². The van der Waals surface area contributed by atoms with Gasteiger partial charge in [-0.15, -0.1) is 5.10 Å². The maximum Gasteiger partial charge on any atom is 0.274 e. The monoisotopic (exact) mass is 391 g/mol. The van der Waals surface area contributed by atoms with Crippen LogP contribution in [0.2, 0.25) is 0 Å². The Bertz CT molecular complexity index is 1090. The van der Waals surface area contributed by atoms with Crippen molar-refractivity contribution in [1.82, 2.24) is 25.6 Å². The predicted octanol–water partition coefficient (Wildman–Crippen LogP) is 1.88. The normalized spacial score (nSPS) is 14.5. The van der Waals surface area contributed by atoms with Crippen LogP contribution in [0.3, 0.4) is 0 Å². The molecule has 8 heteroatoms. The second kappa shape index (κ2) is 7.21. The molecule has 29 heavy (non-hydrogen) atoms. The Morgan fingerprint density at radius 2 is 1.93 bits per heavy atom. The second-order valence-electron chi connectivity index (χ2n) is 7.15. The van der Waals surface area contributed by atoms with Crippen molar-refractivity contribution in [3.05, 3.63) is 64.5 Å². The third-order valence-corrected chi connectivity index (χ3v) is 5.23. The molecule has 0 spiro atoms. The molecule has 8 nitrogen and oxygen atoms in total. The number of ether oxygens (including phenoxy) is 2. The lowest BCUT2D eigenvalue weighted by Crippen LogP contribution is -2.24. The van der Waals surface area contributed by atoms with Gasteiger partial charge in [0.1, 0.15) is 13.2 Å². The van der Waals surface area contributed by atoms with Crippen LogP contribution in [0.25, 0.3) is 5.69 Å². The molecule has 1 amide bonds. The lowest BCUT2D eigenvalue weighted by Gasteiger charge is -2.18. The Morgan fingerprint density at radius 1 is 1.10 bits per heavy atom. The van der Waals surface area contributed by atoms with E-state index in [9.17, 15) is 4.79 Å². The molecule has 2 aliphatic heterocycles. The minimum absolute atomic E-state index is 0.245. The van der Waals surface area contributed by atoms with Gasteiger partial charge in [-0.3, -0.25) is 4.79 Å². The van der Waals surface area contributed by atoms with Crippen molar-refractivity contribution in [2.24, 2.45) is 0 Å².